The van der Waals surface area contributed by atoms with E-state index in [0.29, 0.717) is 10.4 Å². The smallest absolute Gasteiger partial charge is 0.308 e. The highest BCUT2D eigenvalue weighted by Gasteiger charge is 2.11. The standard InChI is InChI=1S/C10H8BrNO2/c1-6(13)14-9-7-4-2-3-5-8(7)12-10(9)11/h2-5,12H,1H3. The molecule has 0 spiro atoms. The van der Waals surface area contributed by atoms with Gasteiger partial charge in [0.1, 0.15) is 4.60 Å². The third-order valence-corrected chi connectivity index (χ3v) is 2.42. The molecule has 1 aromatic carbocycles. The van der Waals surface area contributed by atoms with Gasteiger partial charge in [-0.05, 0) is 28.1 Å². The molecule has 0 unspecified atom stereocenters. The molecular weight excluding hydrogens is 246 g/mol. The van der Waals surface area contributed by atoms with E-state index in [1.165, 1.54) is 6.92 Å². The number of carbonyl (C=O) groups is 1. The molecule has 0 radical (unpaired) electrons. The minimum Gasteiger partial charge on any atom is -0.423 e. The number of hydrogen-bond acceptors (Lipinski definition) is 2. The predicted octanol–water partition coefficient (Wildman–Crippen LogP) is 2.86. The van der Waals surface area contributed by atoms with E-state index in [4.69, 9.17) is 4.74 Å². The Labute approximate surface area is 89.2 Å². The van der Waals surface area contributed by atoms with Gasteiger partial charge in [-0.3, -0.25) is 4.79 Å². The second-order valence-corrected chi connectivity index (χ2v) is 3.70. The lowest BCUT2D eigenvalue weighted by atomic mass is 10.2. The van der Waals surface area contributed by atoms with Crippen LogP contribution in [-0.2, 0) is 4.79 Å². The molecule has 2 aromatic rings. The van der Waals surface area contributed by atoms with E-state index in [-0.39, 0.29) is 5.97 Å². The van der Waals surface area contributed by atoms with Crippen LogP contribution in [0.25, 0.3) is 10.9 Å². The number of carbonyl (C=O) groups excluding carboxylic acids is 1. The van der Waals surface area contributed by atoms with Crippen LogP contribution in [-0.4, -0.2) is 11.0 Å². The Morgan fingerprint density at radius 3 is 2.86 bits per heavy atom. The largest absolute Gasteiger partial charge is 0.423 e. The Hall–Kier alpha value is -1.29. The van der Waals surface area contributed by atoms with E-state index in [0.717, 1.165) is 10.9 Å². The zero-order chi connectivity index (χ0) is 10.1. The molecule has 1 aromatic heterocycles. The summed E-state index contributed by atoms with van der Waals surface area (Å²) >= 11 is 3.31. The first-order chi connectivity index (χ1) is 6.68. The first-order valence-electron chi connectivity index (χ1n) is 4.13. The van der Waals surface area contributed by atoms with Gasteiger partial charge in [0.15, 0.2) is 5.75 Å². The Bertz CT molecular complexity index is 490. The number of aromatic amines is 1. The average molecular weight is 254 g/mol. The third kappa shape index (κ3) is 1.53. The first kappa shape index (κ1) is 9.27. The zero-order valence-corrected chi connectivity index (χ0v) is 9.09. The molecule has 0 atom stereocenters. The van der Waals surface area contributed by atoms with Crippen molar-refractivity contribution in [3.05, 3.63) is 28.9 Å². The molecule has 3 nitrogen and oxygen atoms in total. The van der Waals surface area contributed by atoms with E-state index >= 15 is 0 Å². The second kappa shape index (κ2) is 3.46. The fraction of sp³-hybridized carbons (Fsp3) is 0.100. The fourth-order valence-corrected chi connectivity index (χ4v) is 1.83. The molecular formula is C10H8BrNO2. The number of halogens is 1. The Morgan fingerprint density at radius 2 is 2.14 bits per heavy atom. The molecule has 1 N–H and O–H groups in total. The van der Waals surface area contributed by atoms with E-state index in [1.54, 1.807) is 0 Å². The lowest BCUT2D eigenvalue weighted by molar-refractivity contribution is -0.131. The Balaban J connectivity index is 2.62. The molecule has 14 heavy (non-hydrogen) atoms. The highest BCUT2D eigenvalue weighted by molar-refractivity contribution is 9.10. The van der Waals surface area contributed by atoms with E-state index < -0.39 is 0 Å². The van der Waals surface area contributed by atoms with Gasteiger partial charge in [0.25, 0.3) is 0 Å². The molecule has 0 bridgehead atoms. The molecule has 0 amide bonds. The Morgan fingerprint density at radius 1 is 1.43 bits per heavy atom. The molecule has 2 rings (SSSR count). The number of ether oxygens (including phenoxy) is 1. The van der Waals surface area contributed by atoms with Crippen molar-refractivity contribution in [1.29, 1.82) is 0 Å². The summed E-state index contributed by atoms with van der Waals surface area (Å²) in [5.74, 6) is 0.226. The molecule has 0 aliphatic carbocycles. The summed E-state index contributed by atoms with van der Waals surface area (Å²) < 4.78 is 5.77. The van der Waals surface area contributed by atoms with Gasteiger partial charge in [-0.15, -0.1) is 0 Å². The SMILES string of the molecule is CC(=O)Oc1c(Br)[nH]c2ccccc12. The lowest BCUT2D eigenvalue weighted by Gasteiger charge is -1.98. The maximum absolute atomic E-state index is 10.9. The molecule has 1 heterocycles. The van der Waals surface area contributed by atoms with E-state index in [9.17, 15) is 4.79 Å². The number of rotatable bonds is 1. The van der Waals surface area contributed by atoms with Gasteiger partial charge in [0.2, 0.25) is 0 Å². The van der Waals surface area contributed by atoms with Gasteiger partial charge in [-0.2, -0.15) is 0 Å². The topological polar surface area (TPSA) is 42.1 Å². The Kier molecular flexibility index (Phi) is 2.29. The monoisotopic (exact) mass is 253 g/mol. The van der Waals surface area contributed by atoms with Gasteiger partial charge in [0, 0.05) is 12.3 Å². The zero-order valence-electron chi connectivity index (χ0n) is 7.50. The summed E-state index contributed by atoms with van der Waals surface area (Å²) in [7, 11) is 0. The highest BCUT2D eigenvalue weighted by Crippen LogP contribution is 2.33. The second-order valence-electron chi connectivity index (χ2n) is 2.91. The highest BCUT2D eigenvalue weighted by atomic mass is 79.9. The quantitative estimate of drug-likeness (QED) is 0.795. The molecule has 0 aliphatic heterocycles. The van der Waals surface area contributed by atoms with Crippen molar-refractivity contribution in [2.24, 2.45) is 0 Å². The summed E-state index contributed by atoms with van der Waals surface area (Å²) in [4.78, 5) is 13.9. The van der Waals surface area contributed by atoms with Crippen molar-refractivity contribution in [1.82, 2.24) is 4.98 Å². The van der Waals surface area contributed by atoms with Crippen LogP contribution in [0.1, 0.15) is 6.92 Å². The molecule has 0 saturated carbocycles. The van der Waals surface area contributed by atoms with Crippen molar-refractivity contribution in [3.63, 3.8) is 0 Å². The van der Waals surface area contributed by atoms with Gasteiger partial charge in [0.05, 0.1) is 5.52 Å². The van der Waals surface area contributed by atoms with Crippen LogP contribution >= 0.6 is 15.9 Å². The molecule has 0 fully saturated rings. The van der Waals surface area contributed by atoms with E-state index in [2.05, 4.69) is 20.9 Å². The number of fused-ring (bicyclic) bond motifs is 1. The van der Waals surface area contributed by atoms with Crippen LogP contribution in [0, 0.1) is 0 Å². The third-order valence-electron chi connectivity index (χ3n) is 1.86. The van der Waals surface area contributed by atoms with Gasteiger partial charge in [-0.1, -0.05) is 12.1 Å². The minimum atomic E-state index is -0.324. The van der Waals surface area contributed by atoms with Crippen molar-refractivity contribution in [3.8, 4) is 5.75 Å². The lowest BCUT2D eigenvalue weighted by Crippen LogP contribution is -2.00. The summed E-state index contributed by atoms with van der Waals surface area (Å²) in [5.41, 5.74) is 0.940. The number of benzene rings is 1. The van der Waals surface area contributed by atoms with Crippen molar-refractivity contribution in [2.45, 2.75) is 6.92 Å². The summed E-state index contributed by atoms with van der Waals surface area (Å²) in [6, 6.07) is 7.64. The number of para-hydroxylation sites is 1. The number of nitrogens with one attached hydrogen (secondary N) is 1. The predicted molar refractivity (Wildman–Crippen MR) is 57.3 cm³/mol. The van der Waals surface area contributed by atoms with Gasteiger partial charge < -0.3 is 9.72 Å². The van der Waals surface area contributed by atoms with E-state index in [1.807, 2.05) is 24.3 Å². The normalized spacial score (nSPS) is 10.4. The maximum Gasteiger partial charge on any atom is 0.308 e. The van der Waals surface area contributed by atoms with Crippen LogP contribution < -0.4 is 4.74 Å². The van der Waals surface area contributed by atoms with Crippen LogP contribution in [0.3, 0.4) is 0 Å². The van der Waals surface area contributed by atoms with Crippen LogP contribution in [0.4, 0.5) is 0 Å². The number of aromatic nitrogens is 1. The molecule has 72 valence electrons. The number of esters is 1. The summed E-state index contributed by atoms with van der Waals surface area (Å²) in [6.07, 6.45) is 0. The summed E-state index contributed by atoms with van der Waals surface area (Å²) in [5, 5.41) is 0.898. The molecule has 0 aliphatic rings. The maximum atomic E-state index is 10.9. The minimum absolute atomic E-state index is 0.324. The van der Waals surface area contributed by atoms with Crippen molar-refractivity contribution in [2.75, 3.05) is 0 Å². The average Bonchev–Trinajstić information content (AvgIpc) is 2.43. The van der Waals surface area contributed by atoms with Crippen molar-refractivity contribution >= 4 is 32.8 Å². The van der Waals surface area contributed by atoms with Crippen LogP contribution in [0.2, 0.25) is 0 Å². The number of hydrogen-bond donors (Lipinski definition) is 1. The summed E-state index contributed by atoms with van der Waals surface area (Å²) in [6.45, 7) is 1.38. The fourth-order valence-electron chi connectivity index (χ4n) is 1.33. The number of H-pyrrole nitrogens is 1. The first-order valence-corrected chi connectivity index (χ1v) is 4.92. The van der Waals surface area contributed by atoms with Crippen LogP contribution in [0.5, 0.6) is 5.75 Å². The van der Waals surface area contributed by atoms with Gasteiger partial charge >= 0.3 is 5.97 Å². The van der Waals surface area contributed by atoms with Gasteiger partial charge in [-0.25, -0.2) is 0 Å². The molecule has 0 saturated heterocycles. The van der Waals surface area contributed by atoms with Crippen LogP contribution in [0.15, 0.2) is 28.9 Å². The molecule has 4 heteroatoms. The van der Waals surface area contributed by atoms with Crippen molar-refractivity contribution < 1.29 is 9.53 Å².